The Hall–Kier alpha value is -1.25. The highest BCUT2D eigenvalue weighted by Gasteiger charge is 2.14. The number of carbonyl (C=O) groups is 1. The largest absolute Gasteiger partial charge is 0.496 e. The van der Waals surface area contributed by atoms with Gasteiger partial charge in [-0.3, -0.25) is 4.79 Å². The van der Waals surface area contributed by atoms with Crippen LogP contribution in [0.4, 0.5) is 0 Å². The molecular weight excluding hydrogens is 350 g/mol. The minimum absolute atomic E-state index is 0.0563. The Morgan fingerprint density at radius 1 is 1.26 bits per heavy atom. The van der Waals surface area contributed by atoms with Crippen LogP contribution in [0.25, 0.3) is 0 Å². The summed E-state index contributed by atoms with van der Waals surface area (Å²) >= 11 is 4.63. The Labute approximate surface area is 148 Å². The lowest BCUT2D eigenvalue weighted by Crippen LogP contribution is -2.27. The number of benzene rings is 1. The molecule has 0 bridgehead atoms. The predicted octanol–water partition coefficient (Wildman–Crippen LogP) is 3.41. The summed E-state index contributed by atoms with van der Waals surface area (Å²) in [6.07, 6.45) is 0. The van der Waals surface area contributed by atoms with Crippen molar-refractivity contribution < 1.29 is 9.53 Å². The fraction of sp³-hybridized carbons (Fsp3) is 0.400. The molecule has 0 spiro atoms. The van der Waals surface area contributed by atoms with Crippen LogP contribution >= 0.6 is 34.9 Å². The average Bonchev–Trinajstić information content (AvgIpc) is 3.01. The number of aromatic nitrogens is 2. The van der Waals surface area contributed by atoms with Crippen molar-refractivity contribution in [3.8, 4) is 5.75 Å². The number of carbonyl (C=O) groups excluding carboxylic acids is 1. The zero-order valence-corrected chi connectivity index (χ0v) is 15.8. The smallest absolute Gasteiger partial charge is 0.233 e. The average molecular weight is 370 g/mol. The molecule has 0 saturated carbocycles. The molecule has 124 valence electrons. The van der Waals surface area contributed by atoms with Crippen LogP contribution in [0.2, 0.25) is 0 Å². The molecule has 0 aliphatic heterocycles. The van der Waals surface area contributed by atoms with Crippen molar-refractivity contribution in [3.05, 3.63) is 29.8 Å². The number of thioether (sulfide) groups is 2. The van der Waals surface area contributed by atoms with E-state index in [1.54, 1.807) is 30.8 Å². The second kappa shape index (κ2) is 9.14. The fourth-order valence-electron chi connectivity index (χ4n) is 1.85. The second-order valence-corrected chi connectivity index (χ2v) is 8.33. The van der Waals surface area contributed by atoms with Gasteiger partial charge in [-0.2, -0.15) is 0 Å². The number of nitrogens with zero attached hydrogens (tertiary/aromatic N) is 3. The first-order chi connectivity index (χ1) is 11.1. The van der Waals surface area contributed by atoms with Crippen LogP contribution in [0.15, 0.2) is 32.9 Å². The highest BCUT2D eigenvalue weighted by molar-refractivity contribution is 8.03. The van der Waals surface area contributed by atoms with Crippen molar-refractivity contribution in [2.45, 2.75) is 22.1 Å². The van der Waals surface area contributed by atoms with Gasteiger partial charge in [0.1, 0.15) is 5.75 Å². The molecule has 1 amide bonds. The van der Waals surface area contributed by atoms with Crippen LogP contribution in [-0.4, -0.2) is 46.7 Å². The first-order valence-electron chi connectivity index (χ1n) is 7.09. The van der Waals surface area contributed by atoms with Gasteiger partial charge in [-0.1, -0.05) is 60.0 Å². The quantitative estimate of drug-likeness (QED) is 0.665. The third-order valence-electron chi connectivity index (χ3n) is 3.00. The van der Waals surface area contributed by atoms with Gasteiger partial charge in [0, 0.05) is 19.2 Å². The summed E-state index contributed by atoms with van der Waals surface area (Å²) in [7, 11) is 3.44. The number of para-hydroxylation sites is 1. The van der Waals surface area contributed by atoms with Crippen molar-refractivity contribution in [1.29, 1.82) is 0 Å². The topological polar surface area (TPSA) is 55.3 Å². The van der Waals surface area contributed by atoms with E-state index in [2.05, 4.69) is 17.1 Å². The highest BCUT2D eigenvalue weighted by atomic mass is 32.2. The van der Waals surface area contributed by atoms with Crippen molar-refractivity contribution >= 4 is 40.8 Å². The normalized spacial score (nSPS) is 10.6. The SMILES string of the molecule is CCSc1nnc(SCC(=O)N(C)Cc2ccccc2OC)s1. The Bertz CT molecular complexity index is 648. The molecule has 0 N–H and O–H groups in total. The van der Waals surface area contributed by atoms with Gasteiger partial charge in [-0.05, 0) is 11.8 Å². The van der Waals surface area contributed by atoms with E-state index >= 15 is 0 Å². The summed E-state index contributed by atoms with van der Waals surface area (Å²) < 4.78 is 7.10. The van der Waals surface area contributed by atoms with Gasteiger partial charge < -0.3 is 9.64 Å². The van der Waals surface area contributed by atoms with E-state index in [0.717, 1.165) is 25.7 Å². The van der Waals surface area contributed by atoms with Gasteiger partial charge >= 0.3 is 0 Å². The summed E-state index contributed by atoms with van der Waals surface area (Å²) in [5, 5.41) is 8.19. The Morgan fingerprint density at radius 2 is 1.96 bits per heavy atom. The van der Waals surface area contributed by atoms with E-state index in [0.29, 0.717) is 12.3 Å². The van der Waals surface area contributed by atoms with Crippen LogP contribution in [0.5, 0.6) is 5.75 Å². The number of hydrogen-bond acceptors (Lipinski definition) is 7. The van der Waals surface area contributed by atoms with Crippen LogP contribution in [0.3, 0.4) is 0 Å². The molecule has 2 aromatic rings. The highest BCUT2D eigenvalue weighted by Crippen LogP contribution is 2.28. The maximum atomic E-state index is 12.3. The first-order valence-corrected chi connectivity index (χ1v) is 9.87. The lowest BCUT2D eigenvalue weighted by molar-refractivity contribution is -0.127. The van der Waals surface area contributed by atoms with Gasteiger partial charge in [-0.15, -0.1) is 10.2 Å². The number of amides is 1. The Kier molecular flexibility index (Phi) is 7.19. The molecule has 8 heteroatoms. The molecular formula is C15H19N3O2S3. The molecule has 0 saturated heterocycles. The number of hydrogen-bond donors (Lipinski definition) is 0. The molecule has 0 unspecified atom stereocenters. The number of rotatable bonds is 8. The monoisotopic (exact) mass is 369 g/mol. The van der Waals surface area contributed by atoms with E-state index in [9.17, 15) is 4.79 Å². The van der Waals surface area contributed by atoms with Crippen molar-refractivity contribution in [2.24, 2.45) is 0 Å². The van der Waals surface area contributed by atoms with Gasteiger partial charge in [0.05, 0.1) is 12.9 Å². The zero-order valence-electron chi connectivity index (χ0n) is 13.3. The minimum atomic E-state index is 0.0563. The molecule has 5 nitrogen and oxygen atoms in total. The van der Waals surface area contributed by atoms with Gasteiger partial charge in [0.15, 0.2) is 8.68 Å². The Morgan fingerprint density at radius 3 is 2.65 bits per heavy atom. The third-order valence-corrected chi connectivity index (χ3v) is 6.06. The maximum absolute atomic E-state index is 12.3. The van der Waals surface area contributed by atoms with Crippen molar-refractivity contribution in [1.82, 2.24) is 15.1 Å². The standard InChI is InChI=1S/C15H19N3O2S3/c1-4-21-14-16-17-15(23-14)22-10-13(19)18(2)9-11-7-5-6-8-12(11)20-3/h5-8H,4,9-10H2,1-3H3. The third kappa shape index (κ3) is 5.40. The molecule has 0 fully saturated rings. The van der Waals surface area contributed by atoms with E-state index < -0.39 is 0 Å². The Balaban J connectivity index is 1.87. The lowest BCUT2D eigenvalue weighted by atomic mass is 10.2. The molecule has 0 atom stereocenters. The van der Waals surface area contributed by atoms with E-state index in [4.69, 9.17) is 4.74 Å². The molecule has 1 aromatic heterocycles. The van der Waals surface area contributed by atoms with Gasteiger partial charge in [-0.25, -0.2) is 0 Å². The molecule has 2 rings (SSSR count). The summed E-state index contributed by atoms with van der Waals surface area (Å²) in [5.74, 6) is 2.18. The number of methoxy groups -OCH3 is 1. The lowest BCUT2D eigenvalue weighted by Gasteiger charge is -2.18. The van der Waals surface area contributed by atoms with Crippen LogP contribution in [0.1, 0.15) is 12.5 Å². The predicted molar refractivity (Wildman–Crippen MR) is 96.5 cm³/mol. The van der Waals surface area contributed by atoms with Crippen LogP contribution in [0, 0.1) is 0 Å². The summed E-state index contributed by atoms with van der Waals surface area (Å²) in [6.45, 7) is 2.60. The molecule has 1 heterocycles. The molecule has 0 radical (unpaired) electrons. The zero-order chi connectivity index (χ0) is 16.7. The molecule has 0 aliphatic rings. The first kappa shape index (κ1) is 18.1. The van der Waals surface area contributed by atoms with Gasteiger partial charge in [0.2, 0.25) is 5.91 Å². The van der Waals surface area contributed by atoms with Crippen molar-refractivity contribution in [2.75, 3.05) is 25.7 Å². The molecule has 0 aliphatic carbocycles. The summed E-state index contributed by atoms with van der Waals surface area (Å²) in [4.78, 5) is 14.0. The maximum Gasteiger partial charge on any atom is 0.233 e. The van der Waals surface area contributed by atoms with E-state index in [-0.39, 0.29) is 5.91 Å². The number of ether oxygens (including phenoxy) is 1. The van der Waals surface area contributed by atoms with Crippen LogP contribution in [-0.2, 0) is 11.3 Å². The molecule has 1 aromatic carbocycles. The minimum Gasteiger partial charge on any atom is -0.496 e. The van der Waals surface area contributed by atoms with Crippen molar-refractivity contribution in [3.63, 3.8) is 0 Å². The van der Waals surface area contributed by atoms with E-state index in [1.807, 2.05) is 24.3 Å². The van der Waals surface area contributed by atoms with E-state index in [1.165, 1.54) is 23.1 Å². The second-order valence-electron chi connectivity index (χ2n) is 4.62. The van der Waals surface area contributed by atoms with Gasteiger partial charge in [0.25, 0.3) is 0 Å². The fourth-order valence-corrected chi connectivity index (χ4v) is 4.71. The summed E-state index contributed by atoms with van der Waals surface area (Å²) in [6, 6.07) is 7.73. The summed E-state index contributed by atoms with van der Waals surface area (Å²) in [5.41, 5.74) is 0.994. The van der Waals surface area contributed by atoms with Crippen LogP contribution < -0.4 is 4.74 Å². The molecule has 23 heavy (non-hydrogen) atoms.